The van der Waals surface area contributed by atoms with E-state index in [9.17, 15) is 4.79 Å². The number of carbonyl (C=O) groups excluding carboxylic acids is 1. The van der Waals surface area contributed by atoms with Gasteiger partial charge < -0.3 is 14.4 Å². The summed E-state index contributed by atoms with van der Waals surface area (Å²) < 4.78 is 12.0. The first kappa shape index (κ1) is 16.0. The fraction of sp³-hybridized carbons (Fsp3) is 0.421. The third kappa shape index (κ3) is 3.22. The van der Waals surface area contributed by atoms with Crippen molar-refractivity contribution in [1.82, 2.24) is 14.9 Å². The van der Waals surface area contributed by atoms with Crippen molar-refractivity contribution in [3.8, 4) is 5.75 Å². The van der Waals surface area contributed by atoms with Crippen LogP contribution >= 0.6 is 0 Å². The molecule has 1 saturated heterocycles. The molecule has 1 aliphatic heterocycles. The molecule has 0 radical (unpaired) electrons. The first-order chi connectivity index (χ1) is 12.2. The topological polar surface area (TPSA) is 64.6 Å². The highest BCUT2D eigenvalue weighted by atomic mass is 16.5. The molecule has 6 heteroatoms. The number of fused-ring (bicyclic) bond motifs is 1. The Labute approximate surface area is 146 Å². The Balaban J connectivity index is 1.49. The maximum Gasteiger partial charge on any atom is 0.255 e. The van der Waals surface area contributed by atoms with Gasteiger partial charge in [-0.3, -0.25) is 14.8 Å². The smallest absolute Gasteiger partial charge is 0.255 e. The molecule has 1 amide bonds. The predicted molar refractivity (Wildman–Crippen MR) is 91.4 cm³/mol. The average Bonchev–Trinajstić information content (AvgIpc) is 3.06. The summed E-state index contributed by atoms with van der Waals surface area (Å²) in [6, 6.07) is 7.50. The van der Waals surface area contributed by atoms with E-state index in [4.69, 9.17) is 9.47 Å². The number of morpholine rings is 1. The number of hydrogen-bond acceptors (Lipinski definition) is 5. The molecule has 6 nitrogen and oxygen atoms in total. The maximum absolute atomic E-state index is 12.9. The zero-order valence-electron chi connectivity index (χ0n) is 14.2. The number of amides is 1. The Kier molecular flexibility index (Phi) is 4.36. The minimum absolute atomic E-state index is 0.0211. The molecule has 4 rings (SSSR count). The molecule has 2 aromatic heterocycles. The van der Waals surface area contributed by atoms with Gasteiger partial charge in [-0.25, -0.2) is 0 Å². The highest BCUT2D eigenvalue weighted by Crippen LogP contribution is 2.33. The summed E-state index contributed by atoms with van der Waals surface area (Å²) in [4.78, 5) is 23.1. The van der Waals surface area contributed by atoms with Gasteiger partial charge in [0.15, 0.2) is 0 Å². The number of nitrogens with zero attached hydrogens (tertiary/aromatic N) is 3. The van der Waals surface area contributed by atoms with Gasteiger partial charge in [-0.05, 0) is 44.0 Å². The molecular weight excluding hydrogens is 318 g/mol. The van der Waals surface area contributed by atoms with Gasteiger partial charge in [-0.2, -0.15) is 0 Å². The van der Waals surface area contributed by atoms with E-state index >= 15 is 0 Å². The van der Waals surface area contributed by atoms with Gasteiger partial charge >= 0.3 is 0 Å². The predicted octanol–water partition coefficient (Wildman–Crippen LogP) is 2.24. The van der Waals surface area contributed by atoms with Crippen LogP contribution in [0, 0.1) is 6.92 Å². The van der Waals surface area contributed by atoms with Gasteiger partial charge in [0.25, 0.3) is 5.91 Å². The van der Waals surface area contributed by atoms with Crippen molar-refractivity contribution < 1.29 is 14.3 Å². The van der Waals surface area contributed by atoms with E-state index in [1.165, 1.54) is 0 Å². The van der Waals surface area contributed by atoms with Crippen molar-refractivity contribution in [1.29, 1.82) is 0 Å². The third-order valence-electron chi connectivity index (χ3n) is 4.88. The zero-order chi connectivity index (χ0) is 17.2. The monoisotopic (exact) mass is 339 g/mol. The van der Waals surface area contributed by atoms with Crippen LogP contribution in [0.4, 0.5) is 0 Å². The van der Waals surface area contributed by atoms with Gasteiger partial charge in [-0.15, -0.1) is 0 Å². The summed E-state index contributed by atoms with van der Waals surface area (Å²) in [6.45, 7) is 3.04. The van der Waals surface area contributed by atoms with Crippen molar-refractivity contribution >= 4 is 5.91 Å². The van der Waals surface area contributed by atoms with Crippen LogP contribution in [0.2, 0.25) is 0 Å². The summed E-state index contributed by atoms with van der Waals surface area (Å²) in [6.07, 6.45) is 6.66. The number of hydrogen-bond donors (Lipinski definition) is 0. The van der Waals surface area contributed by atoms with Gasteiger partial charge in [0, 0.05) is 24.6 Å². The van der Waals surface area contributed by atoms with E-state index in [-0.39, 0.29) is 24.2 Å². The van der Waals surface area contributed by atoms with E-state index in [0.29, 0.717) is 18.7 Å². The summed E-state index contributed by atoms with van der Waals surface area (Å²) in [7, 11) is 0. The lowest BCUT2D eigenvalue weighted by molar-refractivity contribution is -0.0786. The lowest BCUT2D eigenvalue weighted by atomic mass is 10.1. The van der Waals surface area contributed by atoms with Crippen LogP contribution in [0.25, 0.3) is 0 Å². The quantitative estimate of drug-likeness (QED) is 0.858. The minimum Gasteiger partial charge on any atom is -0.486 e. The van der Waals surface area contributed by atoms with Crippen molar-refractivity contribution in [3.05, 3.63) is 54.1 Å². The van der Waals surface area contributed by atoms with Crippen LogP contribution in [-0.2, 0) is 4.74 Å². The molecule has 2 fully saturated rings. The van der Waals surface area contributed by atoms with E-state index in [2.05, 4.69) is 9.97 Å². The highest BCUT2D eigenvalue weighted by Gasteiger charge is 2.45. The standard InChI is InChI=1S/C19H21N3O3/c1-13-4-5-14(11-21-13)19(23)22-9-10-24-18-16(22)6-7-17(18)25-15-3-2-8-20-12-15/h2-5,8,11-12,16-18H,6-7,9-10H2,1H3/t16-,17+,18+/m0/s1. The Hall–Kier alpha value is -2.47. The molecule has 0 aromatic carbocycles. The first-order valence-corrected chi connectivity index (χ1v) is 8.64. The Morgan fingerprint density at radius 3 is 2.96 bits per heavy atom. The Morgan fingerprint density at radius 1 is 1.28 bits per heavy atom. The largest absolute Gasteiger partial charge is 0.486 e. The van der Waals surface area contributed by atoms with Crippen molar-refractivity contribution in [2.75, 3.05) is 13.2 Å². The molecule has 1 aliphatic carbocycles. The molecule has 3 heterocycles. The fourth-order valence-corrected chi connectivity index (χ4v) is 3.65. The molecule has 25 heavy (non-hydrogen) atoms. The van der Waals surface area contributed by atoms with Crippen molar-refractivity contribution in [2.45, 2.75) is 38.0 Å². The number of aryl methyl sites for hydroxylation is 1. The normalized spacial score (nSPS) is 25.5. The van der Waals surface area contributed by atoms with E-state index in [0.717, 1.165) is 24.3 Å². The van der Waals surface area contributed by atoms with E-state index in [1.54, 1.807) is 18.6 Å². The maximum atomic E-state index is 12.9. The molecule has 0 N–H and O–H groups in total. The SMILES string of the molecule is Cc1ccc(C(=O)N2CCO[C@H]3[C@H](Oc4cccnc4)CC[C@@H]32)cn1. The second kappa shape index (κ2) is 6.80. The lowest BCUT2D eigenvalue weighted by Gasteiger charge is -2.39. The fourth-order valence-electron chi connectivity index (χ4n) is 3.65. The van der Waals surface area contributed by atoms with Crippen LogP contribution in [0.1, 0.15) is 28.9 Å². The summed E-state index contributed by atoms with van der Waals surface area (Å²) in [5, 5.41) is 0. The number of pyridine rings is 2. The molecular formula is C19H21N3O3. The molecule has 130 valence electrons. The lowest BCUT2D eigenvalue weighted by Crippen LogP contribution is -2.54. The van der Waals surface area contributed by atoms with E-state index < -0.39 is 0 Å². The minimum atomic E-state index is -0.101. The van der Waals surface area contributed by atoms with Gasteiger partial charge in [0.1, 0.15) is 18.0 Å². The van der Waals surface area contributed by atoms with Crippen LogP contribution in [-0.4, -0.2) is 52.2 Å². The molecule has 0 spiro atoms. The third-order valence-corrected chi connectivity index (χ3v) is 4.88. The van der Waals surface area contributed by atoms with Gasteiger partial charge in [0.2, 0.25) is 0 Å². The number of aromatic nitrogens is 2. The molecule has 0 bridgehead atoms. The Bertz CT molecular complexity index is 735. The number of ether oxygens (including phenoxy) is 2. The summed E-state index contributed by atoms with van der Waals surface area (Å²) >= 11 is 0. The molecule has 2 aromatic rings. The van der Waals surface area contributed by atoms with Crippen molar-refractivity contribution in [3.63, 3.8) is 0 Å². The van der Waals surface area contributed by atoms with Crippen LogP contribution in [0.5, 0.6) is 5.75 Å². The van der Waals surface area contributed by atoms with Crippen LogP contribution < -0.4 is 4.74 Å². The highest BCUT2D eigenvalue weighted by molar-refractivity contribution is 5.94. The Morgan fingerprint density at radius 2 is 2.20 bits per heavy atom. The molecule has 3 atom stereocenters. The molecule has 2 aliphatic rings. The first-order valence-electron chi connectivity index (χ1n) is 8.64. The molecule has 1 saturated carbocycles. The number of carbonyl (C=O) groups is 1. The zero-order valence-corrected chi connectivity index (χ0v) is 14.2. The summed E-state index contributed by atoms with van der Waals surface area (Å²) in [5.74, 6) is 0.760. The van der Waals surface area contributed by atoms with Crippen LogP contribution in [0.3, 0.4) is 0 Å². The van der Waals surface area contributed by atoms with Crippen molar-refractivity contribution in [2.24, 2.45) is 0 Å². The number of rotatable bonds is 3. The average molecular weight is 339 g/mol. The van der Waals surface area contributed by atoms with Gasteiger partial charge in [-0.1, -0.05) is 0 Å². The van der Waals surface area contributed by atoms with E-state index in [1.807, 2.05) is 36.1 Å². The molecule has 0 unspecified atom stereocenters. The second-order valence-corrected chi connectivity index (χ2v) is 6.51. The second-order valence-electron chi connectivity index (χ2n) is 6.51. The summed E-state index contributed by atoms with van der Waals surface area (Å²) in [5.41, 5.74) is 1.53. The van der Waals surface area contributed by atoms with Crippen LogP contribution in [0.15, 0.2) is 42.9 Å². The van der Waals surface area contributed by atoms with Gasteiger partial charge in [0.05, 0.1) is 24.4 Å².